The van der Waals surface area contributed by atoms with Gasteiger partial charge < -0.3 is 4.98 Å². The van der Waals surface area contributed by atoms with Gasteiger partial charge in [0, 0.05) is 6.42 Å². The molecule has 0 amide bonds. The maximum atomic E-state index is 4.81. The lowest BCUT2D eigenvalue weighted by atomic mass is 9.99. The summed E-state index contributed by atoms with van der Waals surface area (Å²) in [5.41, 5.74) is 9.23. The number of benzene rings is 3. The Hall–Kier alpha value is -3.20. The molecule has 25 heavy (non-hydrogen) atoms. The fraction of sp³-hybridized carbons (Fsp3) is 0.0909. The van der Waals surface area contributed by atoms with Crippen molar-refractivity contribution >= 4 is 22.4 Å². The second-order valence-electron chi connectivity index (χ2n) is 6.50. The van der Waals surface area contributed by atoms with E-state index in [0.29, 0.717) is 0 Å². The maximum absolute atomic E-state index is 4.81. The number of fused-ring (bicyclic) bond motifs is 2. The highest BCUT2D eigenvalue weighted by Gasteiger charge is 2.16. The van der Waals surface area contributed by atoms with Crippen LogP contribution in [-0.2, 0) is 6.42 Å². The second-order valence-corrected chi connectivity index (χ2v) is 6.50. The molecule has 3 aromatic carbocycles. The van der Waals surface area contributed by atoms with Crippen molar-refractivity contribution in [3.05, 3.63) is 83.7 Å². The molecule has 0 saturated heterocycles. The van der Waals surface area contributed by atoms with E-state index >= 15 is 0 Å². The summed E-state index contributed by atoms with van der Waals surface area (Å²) in [4.78, 5) is 12.6. The average Bonchev–Trinajstić information content (AvgIpc) is 3.23. The minimum absolute atomic E-state index is 0.887. The van der Waals surface area contributed by atoms with Crippen LogP contribution in [0.25, 0.3) is 22.2 Å². The van der Waals surface area contributed by atoms with Crippen molar-refractivity contribution < 1.29 is 0 Å². The largest absolute Gasteiger partial charge is 0.342 e. The molecule has 3 heteroatoms. The predicted octanol–water partition coefficient (Wildman–Crippen LogP) is 5.22. The molecule has 0 unspecified atom stereocenters. The van der Waals surface area contributed by atoms with Crippen molar-refractivity contribution in [1.29, 1.82) is 0 Å². The van der Waals surface area contributed by atoms with Crippen LogP contribution in [0.2, 0.25) is 0 Å². The minimum atomic E-state index is 0.887. The first-order chi connectivity index (χ1) is 12.3. The topological polar surface area (TPSA) is 41.0 Å². The van der Waals surface area contributed by atoms with E-state index in [1.54, 1.807) is 0 Å². The van der Waals surface area contributed by atoms with Crippen LogP contribution >= 0.6 is 0 Å². The van der Waals surface area contributed by atoms with Gasteiger partial charge in [-0.05, 0) is 53.4 Å². The van der Waals surface area contributed by atoms with Gasteiger partial charge in [-0.1, -0.05) is 42.5 Å². The molecule has 0 saturated carbocycles. The smallest absolute Gasteiger partial charge is 0.104 e. The Labute approximate surface area is 146 Å². The first-order valence-corrected chi connectivity index (χ1v) is 8.49. The zero-order chi connectivity index (χ0) is 16.8. The molecule has 0 aliphatic carbocycles. The monoisotopic (exact) mass is 323 g/mol. The molecule has 1 aliphatic heterocycles. The van der Waals surface area contributed by atoms with Crippen LogP contribution in [0.15, 0.2) is 71.7 Å². The van der Waals surface area contributed by atoms with E-state index in [0.717, 1.165) is 34.7 Å². The Morgan fingerprint density at radius 1 is 0.840 bits per heavy atom. The number of hydrogen-bond acceptors (Lipinski definition) is 2. The quantitative estimate of drug-likeness (QED) is 0.540. The molecular formula is C22H17N3. The van der Waals surface area contributed by atoms with Crippen molar-refractivity contribution in [2.75, 3.05) is 0 Å². The molecule has 1 aliphatic rings. The van der Waals surface area contributed by atoms with Crippen LogP contribution in [0.5, 0.6) is 0 Å². The minimum Gasteiger partial charge on any atom is -0.342 e. The number of aromatic nitrogens is 2. The molecule has 2 heterocycles. The van der Waals surface area contributed by atoms with Gasteiger partial charge in [-0.15, -0.1) is 0 Å². The first-order valence-electron chi connectivity index (χ1n) is 8.49. The third-order valence-electron chi connectivity index (χ3n) is 4.73. The number of H-pyrrole nitrogens is 1. The van der Waals surface area contributed by atoms with Gasteiger partial charge in [0.15, 0.2) is 0 Å². The number of aryl methyl sites for hydroxylation is 1. The molecule has 4 aromatic rings. The SMILES string of the molecule is Cc1nc2ccc(-c3ccc4c(c3)CC(c3ccccc3)=N4)cc2[nH]1. The molecule has 0 atom stereocenters. The second kappa shape index (κ2) is 5.42. The van der Waals surface area contributed by atoms with Gasteiger partial charge in [0.1, 0.15) is 5.82 Å². The van der Waals surface area contributed by atoms with Crippen molar-refractivity contribution in [3.8, 4) is 11.1 Å². The van der Waals surface area contributed by atoms with Crippen LogP contribution in [0.1, 0.15) is 17.0 Å². The van der Waals surface area contributed by atoms with Crippen LogP contribution in [0, 0.1) is 6.92 Å². The number of rotatable bonds is 2. The molecule has 0 fully saturated rings. The van der Waals surface area contributed by atoms with Crippen molar-refractivity contribution in [3.63, 3.8) is 0 Å². The third-order valence-corrected chi connectivity index (χ3v) is 4.73. The molecule has 120 valence electrons. The summed E-state index contributed by atoms with van der Waals surface area (Å²) < 4.78 is 0. The van der Waals surface area contributed by atoms with Crippen LogP contribution in [0.4, 0.5) is 5.69 Å². The Morgan fingerprint density at radius 3 is 2.52 bits per heavy atom. The van der Waals surface area contributed by atoms with Crippen LogP contribution in [0.3, 0.4) is 0 Å². The predicted molar refractivity (Wildman–Crippen MR) is 103 cm³/mol. The third kappa shape index (κ3) is 2.45. The lowest BCUT2D eigenvalue weighted by Gasteiger charge is -2.05. The number of aliphatic imine (C=N–C) groups is 1. The van der Waals surface area contributed by atoms with Gasteiger partial charge >= 0.3 is 0 Å². The van der Waals surface area contributed by atoms with Gasteiger partial charge in [0.05, 0.1) is 22.4 Å². The van der Waals surface area contributed by atoms with Gasteiger partial charge in [-0.2, -0.15) is 0 Å². The number of imidazole rings is 1. The van der Waals surface area contributed by atoms with Crippen molar-refractivity contribution in [2.45, 2.75) is 13.3 Å². The Kier molecular flexibility index (Phi) is 3.07. The van der Waals surface area contributed by atoms with Crippen LogP contribution in [-0.4, -0.2) is 15.7 Å². The van der Waals surface area contributed by atoms with Gasteiger partial charge in [-0.25, -0.2) is 4.98 Å². The summed E-state index contributed by atoms with van der Waals surface area (Å²) in [5, 5.41) is 0. The van der Waals surface area contributed by atoms with E-state index < -0.39 is 0 Å². The van der Waals surface area contributed by atoms with Gasteiger partial charge in [0.25, 0.3) is 0 Å². The highest BCUT2D eigenvalue weighted by atomic mass is 14.9. The number of nitrogens with zero attached hydrogens (tertiary/aromatic N) is 2. The number of aromatic amines is 1. The fourth-order valence-electron chi connectivity index (χ4n) is 3.49. The van der Waals surface area contributed by atoms with Gasteiger partial charge in [0.2, 0.25) is 0 Å². The lowest BCUT2D eigenvalue weighted by molar-refractivity contribution is 1.17. The summed E-state index contributed by atoms with van der Waals surface area (Å²) in [7, 11) is 0. The summed E-state index contributed by atoms with van der Waals surface area (Å²) >= 11 is 0. The summed E-state index contributed by atoms with van der Waals surface area (Å²) in [6, 6.07) is 23.3. The highest BCUT2D eigenvalue weighted by Crippen LogP contribution is 2.33. The Balaban J connectivity index is 1.51. The average molecular weight is 323 g/mol. The molecule has 0 radical (unpaired) electrons. The first kappa shape index (κ1) is 14.2. The normalized spacial score (nSPS) is 13.1. The zero-order valence-corrected chi connectivity index (χ0v) is 14.0. The van der Waals surface area contributed by atoms with E-state index in [2.05, 4.69) is 70.6 Å². The lowest BCUT2D eigenvalue weighted by Crippen LogP contribution is -1.99. The molecule has 1 N–H and O–H groups in total. The molecule has 5 rings (SSSR count). The summed E-state index contributed by atoms with van der Waals surface area (Å²) in [5.74, 6) is 0.946. The molecule has 1 aromatic heterocycles. The number of hydrogen-bond donors (Lipinski definition) is 1. The molecular weight excluding hydrogens is 306 g/mol. The Morgan fingerprint density at radius 2 is 1.64 bits per heavy atom. The van der Waals surface area contributed by atoms with Crippen molar-refractivity contribution in [2.24, 2.45) is 4.99 Å². The van der Waals surface area contributed by atoms with Crippen LogP contribution < -0.4 is 0 Å². The van der Waals surface area contributed by atoms with Gasteiger partial charge in [-0.3, -0.25) is 4.99 Å². The van der Waals surface area contributed by atoms with Crippen molar-refractivity contribution in [1.82, 2.24) is 9.97 Å². The fourth-order valence-corrected chi connectivity index (χ4v) is 3.49. The number of nitrogens with one attached hydrogen (secondary N) is 1. The molecule has 3 nitrogen and oxygen atoms in total. The highest BCUT2D eigenvalue weighted by molar-refractivity contribution is 6.06. The van der Waals surface area contributed by atoms with E-state index in [1.807, 2.05) is 13.0 Å². The zero-order valence-electron chi connectivity index (χ0n) is 14.0. The van der Waals surface area contributed by atoms with E-state index in [-0.39, 0.29) is 0 Å². The molecule has 0 bridgehead atoms. The van der Waals surface area contributed by atoms with E-state index in [4.69, 9.17) is 4.99 Å². The van der Waals surface area contributed by atoms with E-state index in [9.17, 15) is 0 Å². The van der Waals surface area contributed by atoms with E-state index in [1.165, 1.54) is 22.3 Å². The summed E-state index contributed by atoms with van der Waals surface area (Å²) in [6.45, 7) is 1.98. The summed E-state index contributed by atoms with van der Waals surface area (Å²) in [6.07, 6.45) is 0.887. The Bertz CT molecular complexity index is 1120. The molecule has 0 spiro atoms. The standard InChI is InChI=1S/C22H17N3/c1-14-23-20-10-8-17(12-22(20)24-14)16-7-9-19-18(11-16)13-21(25-19)15-5-3-2-4-6-15/h2-12H,13H2,1H3,(H,23,24). The maximum Gasteiger partial charge on any atom is 0.104 e.